The number of hydrogen-bond donors (Lipinski definition) is 0. The average molecular weight is 420 g/mol. The van der Waals surface area contributed by atoms with Gasteiger partial charge in [-0.3, -0.25) is 0 Å². The van der Waals surface area contributed by atoms with E-state index in [9.17, 15) is 0 Å². The third-order valence-electron chi connectivity index (χ3n) is 5.23. The number of thiocarbonyl (C=S) groups is 1. The zero-order chi connectivity index (χ0) is 22.5. The standard InChI is InChI=1S/C29H25NS/c1-19-13-21(3)28(22(4)14-19)12-9-25-7-10-27(20(2)15-25)11-8-26-16-23(5)29(30-18-31)24(6)17-26/h7,10,13-17H,1-6H3. The van der Waals surface area contributed by atoms with Crippen LogP contribution < -0.4 is 0 Å². The smallest absolute Gasteiger partial charge is 0.0798 e. The number of aliphatic imine (C=N–C) groups is 1. The summed E-state index contributed by atoms with van der Waals surface area (Å²) in [4.78, 5) is 4.15. The lowest BCUT2D eigenvalue weighted by atomic mass is 9.99. The molecule has 0 aliphatic heterocycles. The van der Waals surface area contributed by atoms with Crippen molar-refractivity contribution >= 4 is 23.1 Å². The number of nitrogens with zero attached hydrogens (tertiary/aromatic N) is 1. The largest absolute Gasteiger partial charge is 0.194 e. The fourth-order valence-electron chi connectivity index (χ4n) is 3.78. The molecular formula is C29H25NS. The minimum Gasteiger partial charge on any atom is -0.194 e. The van der Waals surface area contributed by atoms with Crippen molar-refractivity contribution in [2.24, 2.45) is 4.99 Å². The summed E-state index contributed by atoms with van der Waals surface area (Å²) in [6.45, 7) is 12.5. The molecule has 3 rings (SSSR count). The molecule has 0 atom stereocenters. The lowest BCUT2D eigenvalue weighted by Crippen LogP contribution is -1.90. The molecule has 0 heterocycles. The van der Waals surface area contributed by atoms with Gasteiger partial charge in [-0.2, -0.15) is 4.99 Å². The SMILES string of the molecule is Cc1cc(C)c(C#Cc2ccc(C#Cc3cc(C)c(N=C=S)c(C)c3)c(C)c2)c(C)c1. The molecule has 0 spiro atoms. The first-order chi connectivity index (χ1) is 14.8. The van der Waals surface area contributed by atoms with Crippen molar-refractivity contribution in [3.05, 3.63) is 98.1 Å². The van der Waals surface area contributed by atoms with Crippen molar-refractivity contribution in [3.63, 3.8) is 0 Å². The summed E-state index contributed by atoms with van der Waals surface area (Å²) in [6, 6.07) is 14.6. The molecule has 0 fully saturated rings. The van der Waals surface area contributed by atoms with E-state index in [-0.39, 0.29) is 0 Å². The molecule has 3 aromatic carbocycles. The van der Waals surface area contributed by atoms with Gasteiger partial charge in [0, 0.05) is 22.3 Å². The molecule has 2 heteroatoms. The molecule has 152 valence electrons. The molecule has 0 bridgehead atoms. The van der Waals surface area contributed by atoms with E-state index >= 15 is 0 Å². The van der Waals surface area contributed by atoms with E-state index < -0.39 is 0 Å². The maximum Gasteiger partial charge on any atom is 0.0798 e. The zero-order valence-electron chi connectivity index (χ0n) is 18.9. The summed E-state index contributed by atoms with van der Waals surface area (Å²) in [5, 5.41) is 2.45. The monoisotopic (exact) mass is 419 g/mol. The van der Waals surface area contributed by atoms with Crippen LogP contribution in [-0.4, -0.2) is 5.16 Å². The van der Waals surface area contributed by atoms with Crippen LogP contribution in [0.3, 0.4) is 0 Å². The molecule has 31 heavy (non-hydrogen) atoms. The first kappa shape index (κ1) is 22.3. The molecule has 0 amide bonds. The van der Waals surface area contributed by atoms with E-state index in [1.807, 2.05) is 38.1 Å². The quantitative estimate of drug-likeness (QED) is 0.233. The molecule has 3 aromatic rings. The van der Waals surface area contributed by atoms with Gasteiger partial charge in [-0.1, -0.05) is 41.4 Å². The summed E-state index contributed by atoms with van der Waals surface area (Å²) in [6.07, 6.45) is 0. The maximum absolute atomic E-state index is 4.74. The van der Waals surface area contributed by atoms with Gasteiger partial charge in [-0.05, 0) is 112 Å². The minimum absolute atomic E-state index is 0.874. The molecule has 0 aromatic heterocycles. The van der Waals surface area contributed by atoms with Crippen LogP contribution in [0.25, 0.3) is 0 Å². The van der Waals surface area contributed by atoms with Gasteiger partial charge in [0.1, 0.15) is 0 Å². The van der Waals surface area contributed by atoms with Crippen LogP contribution in [0.4, 0.5) is 5.69 Å². The number of hydrogen-bond acceptors (Lipinski definition) is 2. The van der Waals surface area contributed by atoms with E-state index in [2.05, 4.69) is 79.7 Å². The number of isothiocyanates is 1. The molecular weight excluding hydrogens is 394 g/mol. The summed E-state index contributed by atoms with van der Waals surface area (Å²) >= 11 is 4.74. The highest BCUT2D eigenvalue weighted by atomic mass is 32.1. The summed E-state index contributed by atoms with van der Waals surface area (Å²) < 4.78 is 0. The lowest BCUT2D eigenvalue weighted by Gasteiger charge is -2.05. The van der Waals surface area contributed by atoms with Gasteiger partial charge in [0.15, 0.2) is 0 Å². The zero-order valence-corrected chi connectivity index (χ0v) is 19.7. The molecule has 0 unspecified atom stereocenters. The Hall–Kier alpha value is -3.42. The first-order valence-corrected chi connectivity index (χ1v) is 10.6. The van der Waals surface area contributed by atoms with Gasteiger partial charge in [0.2, 0.25) is 0 Å². The van der Waals surface area contributed by atoms with Crippen molar-refractivity contribution in [1.82, 2.24) is 0 Å². The maximum atomic E-state index is 4.74. The van der Waals surface area contributed by atoms with Crippen LogP contribution >= 0.6 is 12.2 Å². The Balaban J connectivity index is 1.88. The first-order valence-electron chi connectivity index (χ1n) is 10.2. The second-order valence-electron chi connectivity index (χ2n) is 7.97. The predicted molar refractivity (Wildman–Crippen MR) is 134 cm³/mol. The number of benzene rings is 3. The second kappa shape index (κ2) is 9.59. The third-order valence-corrected chi connectivity index (χ3v) is 5.32. The van der Waals surface area contributed by atoms with Gasteiger partial charge >= 0.3 is 0 Å². The van der Waals surface area contributed by atoms with Gasteiger partial charge in [0.25, 0.3) is 0 Å². The third kappa shape index (κ3) is 5.39. The van der Waals surface area contributed by atoms with Crippen molar-refractivity contribution in [2.45, 2.75) is 41.5 Å². The summed E-state index contributed by atoms with van der Waals surface area (Å²) in [5.41, 5.74) is 11.9. The van der Waals surface area contributed by atoms with Crippen LogP contribution in [0.15, 0.2) is 47.5 Å². The molecule has 0 N–H and O–H groups in total. The van der Waals surface area contributed by atoms with Gasteiger partial charge in [0.05, 0.1) is 10.8 Å². The lowest BCUT2D eigenvalue weighted by molar-refractivity contribution is 1.30. The van der Waals surface area contributed by atoms with E-state index in [1.165, 1.54) is 16.7 Å². The van der Waals surface area contributed by atoms with Crippen molar-refractivity contribution in [3.8, 4) is 23.7 Å². The normalized spacial score (nSPS) is 9.74. The number of aryl methyl sites for hydroxylation is 6. The molecule has 1 nitrogen and oxygen atoms in total. The Morgan fingerprint density at radius 3 is 1.77 bits per heavy atom. The Bertz CT molecular complexity index is 1300. The van der Waals surface area contributed by atoms with Crippen molar-refractivity contribution < 1.29 is 0 Å². The second-order valence-corrected chi connectivity index (χ2v) is 8.15. The Kier molecular flexibility index (Phi) is 6.89. The van der Waals surface area contributed by atoms with Crippen LogP contribution in [0.5, 0.6) is 0 Å². The Morgan fingerprint density at radius 2 is 1.19 bits per heavy atom. The molecule has 0 aliphatic rings. The molecule has 0 radical (unpaired) electrons. The van der Waals surface area contributed by atoms with Gasteiger partial charge in [-0.25, -0.2) is 0 Å². The van der Waals surface area contributed by atoms with E-state index in [0.29, 0.717) is 0 Å². The minimum atomic E-state index is 0.874. The summed E-state index contributed by atoms with van der Waals surface area (Å²) in [7, 11) is 0. The van der Waals surface area contributed by atoms with Crippen LogP contribution in [-0.2, 0) is 0 Å². The van der Waals surface area contributed by atoms with E-state index in [0.717, 1.165) is 44.6 Å². The fourth-order valence-corrected chi connectivity index (χ4v) is 3.87. The molecule has 0 saturated carbocycles. The van der Waals surface area contributed by atoms with Gasteiger partial charge in [-0.15, -0.1) is 0 Å². The molecule has 0 saturated heterocycles. The van der Waals surface area contributed by atoms with Crippen LogP contribution in [0.2, 0.25) is 0 Å². The van der Waals surface area contributed by atoms with Crippen LogP contribution in [0, 0.1) is 65.2 Å². The highest BCUT2D eigenvalue weighted by Gasteiger charge is 2.03. The predicted octanol–water partition coefficient (Wildman–Crippen LogP) is 7.07. The van der Waals surface area contributed by atoms with E-state index in [4.69, 9.17) is 12.2 Å². The van der Waals surface area contributed by atoms with Crippen molar-refractivity contribution in [1.29, 1.82) is 0 Å². The Labute approximate surface area is 191 Å². The average Bonchev–Trinajstić information content (AvgIpc) is 2.69. The highest BCUT2D eigenvalue weighted by Crippen LogP contribution is 2.24. The highest BCUT2D eigenvalue weighted by molar-refractivity contribution is 7.78. The summed E-state index contributed by atoms with van der Waals surface area (Å²) in [5.74, 6) is 13.2. The fraction of sp³-hybridized carbons (Fsp3) is 0.207. The van der Waals surface area contributed by atoms with Crippen LogP contribution in [0.1, 0.15) is 55.6 Å². The molecule has 0 aliphatic carbocycles. The Morgan fingerprint density at radius 1 is 0.613 bits per heavy atom. The van der Waals surface area contributed by atoms with Crippen molar-refractivity contribution in [2.75, 3.05) is 0 Å². The number of rotatable bonds is 1. The topological polar surface area (TPSA) is 12.4 Å². The van der Waals surface area contributed by atoms with E-state index in [1.54, 1.807) is 0 Å². The van der Waals surface area contributed by atoms with Gasteiger partial charge < -0.3 is 0 Å².